The Morgan fingerprint density at radius 3 is 2.85 bits per heavy atom. The van der Waals surface area contributed by atoms with Crippen molar-refractivity contribution in [2.24, 2.45) is 5.92 Å². The van der Waals surface area contributed by atoms with Crippen molar-refractivity contribution in [3.63, 3.8) is 0 Å². The van der Waals surface area contributed by atoms with Gasteiger partial charge in [0.05, 0.1) is 10.0 Å². The van der Waals surface area contributed by atoms with Gasteiger partial charge in [-0.1, -0.05) is 29.3 Å². The van der Waals surface area contributed by atoms with Crippen LogP contribution in [0.25, 0.3) is 0 Å². The molecule has 0 spiro atoms. The van der Waals surface area contributed by atoms with Crippen molar-refractivity contribution >= 4 is 29.1 Å². The summed E-state index contributed by atoms with van der Waals surface area (Å²) in [7, 11) is 0. The van der Waals surface area contributed by atoms with Gasteiger partial charge in [-0.25, -0.2) is 0 Å². The first-order valence-corrected chi connectivity index (χ1v) is 7.79. The Balaban J connectivity index is 1.68. The Kier molecular flexibility index (Phi) is 3.93. The molecule has 2 unspecified atom stereocenters. The number of halogens is 2. The highest BCUT2D eigenvalue weighted by Gasteiger charge is 2.46. The maximum absolute atomic E-state index is 12.5. The van der Waals surface area contributed by atoms with Crippen LogP contribution < -0.4 is 5.32 Å². The maximum atomic E-state index is 12.5. The molecule has 1 amide bonds. The first-order valence-electron chi connectivity index (χ1n) is 7.04. The molecule has 3 atom stereocenters. The van der Waals surface area contributed by atoms with Crippen LogP contribution in [0.3, 0.4) is 0 Å². The molecule has 2 aliphatic rings. The van der Waals surface area contributed by atoms with E-state index in [4.69, 9.17) is 23.2 Å². The minimum absolute atomic E-state index is 0.118. The molecule has 1 heterocycles. The molecule has 3 rings (SSSR count). The van der Waals surface area contributed by atoms with Gasteiger partial charge in [-0.3, -0.25) is 4.79 Å². The molecule has 20 heavy (non-hydrogen) atoms. The molecular weight excluding hydrogens is 295 g/mol. The van der Waals surface area contributed by atoms with Crippen LogP contribution in [0.15, 0.2) is 18.2 Å². The number of carbonyl (C=O) groups is 1. The van der Waals surface area contributed by atoms with Crippen LogP contribution in [0.4, 0.5) is 0 Å². The van der Waals surface area contributed by atoms with E-state index in [1.54, 1.807) is 0 Å². The number of amides is 1. The molecule has 1 N–H and O–H groups in total. The van der Waals surface area contributed by atoms with Gasteiger partial charge in [-0.05, 0) is 37.0 Å². The summed E-state index contributed by atoms with van der Waals surface area (Å²) >= 11 is 12.0. The molecule has 1 aromatic carbocycles. The highest BCUT2D eigenvalue weighted by molar-refractivity contribution is 6.42. The average molecular weight is 313 g/mol. The second-order valence-electron chi connectivity index (χ2n) is 5.71. The zero-order chi connectivity index (χ0) is 14.3. The molecule has 2 fully saturated rings. The van der Waals surface area contributed by atoms with Crippen LogP contribution in [0.1, 0.15) is 24.8 Å². The molecule has 3 nitrogen and oxygen atoms in total. The average Bonchev–Trinajstić information content (AvgIpc) is 3.22. The zero-order valence-corrected chi connectivity index (χ0v) is 12.9. The van der Waals surface area contributed by atoms with Crippen molar-refractivity contribution < 1.29 is 4.79 Å². The van der Waals surface area contributed by atoms with Crippen molar-refractivity contribution in [2.45, 2.75) is 25.3 Å². The number of nitrogens with one attached hydrogen (secondary N) is 1. The van der Waals surface area contributed by atoms with Gasteiger partial charge in [-0.15, -0.1) is 0 Å². The van der Waals surface area contributed by atoms with E-state index >= 15 is 0 Å². The molecule has 0 radical (unpaired) electrons. The lowest BCUT2D eigenvalue weighted by atomic mass is 10.1. The summed E-state index contributed by atoms with van der Waals surface area (Å²) in [4.78, 5) is 14.6. The summed E-state index contributed by atoms with van der Waals surface area (Å²) < 4.78 is 0. The normalized spacial score (nSPS) is 29.4. The highest BCUT2D eigenvalue weighted by atomic mass is 35.5. The lowest BCUT2D eigenvalue weighted by Crippen LogP contribution is -2.52. The molecule has 1 aliphatic heterocycles. The van der Waals surface area contributed by atoms with Crippen LogP contribution in [-0.4, -0.2) is 36.5 Å². The second kappa shape index (κ2) is 5.55. The molecule has 1 aromatic rings. The zero-order valence-electron chi connectivity index (χ0n) is 11.4. The van der Waals surface area contributed by atoms with E-state index in [1.807, 2.05) is 23.1 Å². The third-order valence-electron chi connectivity index (χ3n) is 4.26. The van der Waals surface area contributed by atoms with Crippen LogP contribution in [0, 0.1) is 5.92 Å². The fraction of sp³-hybridized carbons (Fsp3) is 0.533. The predicted octanol–water partition coefficient (Wildman–Crippen LogP) is 2.92. The van der Waals surface area contributed by atoms with Gasteiger partial charge >= 0.3 is 0 Å². The van der Waals surface area contributed by atoms with Crippen molar-refractivity contribution in [3.05, 3.63) is 33.8 Å². The second-order valence-corrected chi connectivity index (χ2v) is 6.52. The molecule has 0 bridgehead atoms. The summed E-state index contributed by atoms with van der Waals surface area (Å²) in [5.41, 5.74) is 1.13. The topological polar surface area (TPSA) is 32.3 Å². The van der Waals surface area contributed by atoms with Crippen molar-refractivity contribution in [2.75, 3.05) is 19.6 Å². The van der Waals surface area contributed by atoms with E-state index in [0.717, 1.165) is 31.6 Å². The predicted molar refractivity (Wildman–Crippen MR) is 81.4 cm³/mol. The number of rotatable bonds is 2. The number of hydrogen-bond acceptors (Lipinski definition) is 2. The summed E-state index contributed by atoms with van der Waals surface area (Å²) in [6, 6.07) is 5.97. The van der Waals surface area contributed by atoms with Gasteiger partial charge in [0, 0.05) is 31.6 Å². The van der Waals surface area contributed by atoms with Crippen LogP contribution in [-0.2, 0) is 4.79 Å². The summed E-state index contributed by atoms with van der Waals surface area (Å²) in [6.07, 6.45) is 0.924. The van der Waals surface area contributed by atoms with Gasteiger partial charge in [0.1, 0.15) is 0 Å². The molecule has 108 valence electrons. The SMILES string of the molecule is C[C@H]1CNCCN1C(=O)C1CC1c1ccc(Cl)c(Cl)c1. The number of carbonyl (C=O) groups excluding carboxylic acids is 1. The van der Waals surface area contributed by atoms with E-state index in [0.29, 0.717) is 16.0 Å². The number of piperazine rings is 1. The van der Waals surface area contributed by atoms with Gasteiger partial charge in [0.2, 0.25) is 5.91 Å². The Labute approximate surface area is 129 Å². The summed E-state index contributed by atoms with van der Waals surface area (Å²) in [5, 5.41) is 4.44. The first-order chi connectivity index (χ1) is 9.58. The Morgan fingerprint density at radius 1 is 1.35 bits per heavy atom. The maximum Gasteiger partial charge on any atom is 0.226 e. The lowest BCUT2D eigenvalue weighted by Gasteiger charge is -2.34. The molecule has 1 saturated carbocycles. The van der Waals surface area contributed by atoms with E-state index in [-0.39, 0.29) is 17.9 Å². The Morgan fingerprint density at radius 2 is 2.15 bits per heavy atom. The Hall–Kier alpha value is -0.770. The molecular formula is C15H18Cl2N2O. The third kappa shape index (κ3) is 2.67. The fourth-order valence-corrected chi connectivity index (χ4v) is 3.27. The fourth-order valence-electron chi connectivity index (χ4n) is 2.96. The lowest BCUT2D eigenvalue weighted by molar-refractivity contribution is -0.135. The van der Waals surface area contributed by atoms with E-state index in [2.05, 4.69) is 12.2 Å². The van der Waals surface area contributed by atoms with E-state index in [9.17, 15) is 4.79 Å². The first kappa shape index (κ1) is 14.2. The van der Waals surface area contributed by atoms with Crippen molar-refractivity contribution in [1.82, 2.24) is 10.2 Å². The van der Waals surface area contributed by atoms with Crippen LogP contribution in [0.2, 0.25) is 10.0 Å². The molecule has 0 aromatic heterocycles. The minimum Gasteiger partial charge on any atom is -0.337 e. The summed E-state index contributed by atoms with van der Waals surface area (Å²) in [5.74, 6) is 0.710. The van der Waals surface area contributed by atoms with Gasteiger partial charge < -0.3 is 10.2 Å². The van der Waals surface area contributed by atoms with Crippen molar-refractivity contribution in [3.8, 4) is 0 Å². The van der Waals surface area contributed by atoms with Crippen LogP contribution in [0.5, 0.6) is 0 Å². The van der Waals surface area contributed by atoms with E-state index in [1.165, 1.54) is 0 Å². The number of nitrogens with zero attached hydrogens (tertiary/aromatic N) is 1. The number of hydrogen-bond donors (Lipinski definition) is 1. The van der Waals surface area contributed by atoms with E-state index < -0.39 is 0 Å². The van der Waals surface area contributed by atoms with Gasteiger partial charge in [0.15, 0.2) is 0 Å². The number of benzene rings is 1. The highest BCUT2D eigenvalue weighted by Crippen LogP contribution is 2.49. The largest absolute Gasteiger partial charge is 0.337 e. The van der Waals surface area contributed by atoms with Gasteiger partial charge in [-0.2, -0.15) is 0 Å². The smallest absolute Gasteiger partial charge is 0.226 e. The molecule has 1 saturated heterocycles. The van der Waals surface area contributed by atoms with Crippen LogP contribution >= 0.6 is 23.2 Å². The molecule has 1 aliphatic carbocycles. The quantitative estimate of drug-likeness (QED) is 0.910. The van der Waals surface area contributed by atoms with Crippen molar-refractivity contribution in [1.29, 1.82) is 0 Å². The summed E-state index contributed by atoms with van der Waals surface area (Å²) in [6.45, 7) is 4.68. The van der Waals surface area contributed by atoms with Gasteiger partial charge in [0.25, 0.3) is 0 Å². The Bertz CT molecular complexity index is 535. The third-order valence-corrected chi connectivity index (χ3v) is 5.00. The monoisotopic (exact) mass is 312 g/mol. The molecule has 5 heteroatoms. The minimum atomic E-state index is 0.118. The standard InChI is InChI=1S/C15H18Cl2N2O/c1-9-8-18-4-5-19(9)15(20)12-7-11(12)10-2-3-13(16)14(17)6-10/h2-3,6,9,11-12,18H,4-5,7-8H2,1H3/t9-,11?,12?/m0/s1.